The molecule has 1 N–H and O–H groups in total. The highest BCUT2D eigenvalue weighted by Crippen LogP contribution is 2.52. The quantitative estimate of drug-likeness (QED) is 0.592. The van der Waals surface area contributed by atoms with Crippen molar-refractivity contribution >= 4 is 34.2 Å². The van der Waals surface area contributed by atoms with Gasteiger partial charge in [-0.2, -0.15) is 0 Å². The molecule has 6 nitrogen and oxygen atoms in total. The Bertz CT molecular complexity index is 1110. The topological polar surface area (TPSA) is 79.4 Å². The fourth-order valence-electron chi connectivity index (χ4n) is 5.78. The number of nitrogens with one attached hydrogen (secondary N) is 1. The van der Waals surface area contributed by atoms with Crippen LogP contribution in [0.3, 0.4) is 0 Å². The zero-order valence-electron chi connectivity index (χ0n) is 17.0. The molecule has 3 amide bonds. The average molecular weight is 434 g/mol. The first-order valence-electron chi connectivity index (χ1n) is 11.0. The third kappa shape index (κ3) is 3.05. The van der Waals surface area contributed by atoms with E-state index in [0.29, 0.717) is 5.13 Å². The lowest BCUT2D eigenvalue weighted by molar-refractivity contribution is -0.143. The SMILES string of the molecule is O=C(CN1C(=O)[C@@H]2[C@H](C1=O)[C@H]1C=C[C@H]2C1)Nc1nc(-c2ccc3c(c2)CCCC3)cs1. The molecule has 6 rings (SSSR count). The molecule has 1 aliphatic heterocycles. The van der Waals surface area contributed by atoms with Gasteiger partial charge in [0.2, 0.25) is 17.7 Å². The summed E-state index contributed by atoms with van der Waals surface area (Å²) in [5, 5.41) is 5.19. The number of thiazole rings is 1. The minimum atomic E-state index is -0.381. The van der Waals surface area contributed by atoms with E-state index in [2.05, 4.69) is 40.7 Å². The number of likely N-dealkylation sites (tertiary alicyclic amines) is 1. The highest BCUT2D eigenvalue weighted by Gasteiger charge is 2.59. The molecule has 4 atom stereocenters. The molecule has 1 saturated heterocycles. The van der Waals surface area contributed by atoms with Gasteiger partial charge in [0.05, 0.1) is 17.5 Å². The summed E-state index contributed by atoms with van der Waals surface area (Å²) in [6.45, 7) is -0.238. The fourth-order valence-corrected chi connectivity index (χ4v) is 6.51. The summed E-state index contributed by atoms with van der Waals surface area (Å²) >= 11 is 1.36. The van der Waals surface area contributed by atoms with Gasteiger partial charge in [-0.15, -0.1) is 11.3 Å². The van der Waals surface area contributed by atoms with Gasteiger partial charge in [0.25, 0.3) is 0 Å². The summed E-state index contributed by atoms with van der Waals surface area (Å²) in [5.74, 6) is -1.02. The Kier molecular flexibility index (Phi) is 4.35. The zero-order valence-corrected chi connectivity index (χ0v) is 17.9. The van der Waals surface area contributed by atoms with Gasteiger partial charge < -0.3 is 5.32 Å². The normalized spacial score (nSPS) is 28.2. The van der Waals surface area contributed by atoms with Crippen molar-refractivity contribution in [1.82, 2.24) is 9.88 Å². The van der Waals surface area contributed by atoms with Gasteiger partial charge >= 0.3 is 0 Å². The number of aromatic nitrogens is 1. The molecular formula is C24H23N3O3S. The maximum absolute atomic E-state index is 12.8. The molecule has 31 heavy (non-hydrogen) atoms. The first kappa shape index (κ1) is 18.9. The maximum atomic E-state index is 12.8. The van der Waals surface area contributed by atoms with E-state index in [1.54, 1.807) is 0 Å². The second-order valence-corrected chi connectivity index (χ2v) is 9.90. The number of imide groups is 1. The molecule has 4 aliphatic rings. The summed E-state index contributed by atoms with van der Waals surface area (Å²) in [5.41, 5.74) is 4.70. The Morgan fingerprint density at radius 2 is 1.77 bits per heavy atom. The van der Waals surface area contributed by atoms with Crippen LogP contribution in [0, 0.1) is 23.7 Å². The molecule has 158 valence electrons. The molecule has 3 aliphatic carbocycles. The average Bonchev–Trinajstić information content (AvgIpc) is 3.55. The van der Waals surface area contributed by atoms with E-state index >= 15 is 0 Å². The third-order valence-electron chi connectivity index (χ3n) is 7.26. The van der Waals surface area contributed by atoms with Crippen LogP contribution in [0.15, 0.2) is 35.7 Å². The number of hydrogen-bond acceptors (Lipinski definition) is 5. The first-order chi connectivity index (χ1) is 15.1. The molecule has 2 aromatic rings. The Labute approximate surface area is 184 Å². The monoisotopic (exact) mass is 433 g/mol. The largest absolute Gasteiger partial charge is 0.300 e. The van der Waals surface area contributed by atoms with Crippen LogP contribution < -0.4 is 5.32 Å². The molecule has 2 bridgehead atoms. The standard InChI is InChI=1S/C24H23N3O3S/c28-19(11-27-22(29)20-16-7-8-17(10-16)21(20)23(27)30)26-24-25-18(12-31-24)15-6-5-13-3-1-2-4-14(13)9-15/h5-9,12,16-17,20-21H,1-4,10-11H2,(H,25,26,28)/t16-,17-,20-,21+/m0/s1. The van der Waals surface area contributed by atoms with Crippen LogP contribution in [0.4, 0.5) is 5.13 Å². The summed E-state index contributed by atoms with van der Waals surface area (Å²) in [7, 11) is 0. The van der Waals surface area contributed by atoms with E-state index in [1.807, 2.05) is 5.38 Å². The van der Waals surface area contributed by atoms with Crippen molar-refractivity contribution in [2.75, 3.05) is 11.9 Å². The van der Waals surface area contributed by atoms with Gasteiger partial charge in [0.1, 0.15) is 6.54 Å². The Morgan fingerprint density at radius 3 is 2.52 bits per heavy atom. The van der Waals surface area contributed by atoms with Gasteiger partial charge in [-0.25, -0.2) is 4.98 Å². The molecule has 0 spiro atoms. The predicted molar refractivity (Wildman–Crippen MR) is 117 cm³/mol. The van der Waals surface area contributed by atoms with Crippen molar-refractivity contribution in [2.24, 2.45) is 23.7 Å². The number of allylic oxidation sites excluding steroid dienone is 2. The van der Waals surface area contributed by atoms with Crippen molar-refractivity contribution in [3.63, 3.8) is 0 Å². The lowest BCUT2D eigenvalue weighted by atomic mass is 9.85. The summed E-state index contributed by atoms with van der Waals surface area (Å²) < 4.78 is 0. The minimum Gasteiger partial charge on any atom is -0.300 e. The zero-order chi connectivity index (χ0) is 21.1. The van der Waals surface area contributed by atoms with Gasteiger partial charge in [0, 0.05) is 10.9 Å². The molecular weight excluding hydrogens is 410 g/mol. The van der Waals surface area contributed by atoms with Gasteiger partial charge in [-0.1, -0.05) is 24.3 Å². The van der Waals surface area contributed by atoms with Crippen LogP contribution in [0.25, 0.3) is 11.3 Å². The maximum Gasteiger partial charge on any atom is 0.246 e. The molecule has 1 aromatic heterocycles. The van der Waals surface area contributed by atoms with E-state index < -0.39 is 0 Å². The number of fused-ring (bicyclic) bond motifs is 6. The lowest BCUT2D eigenvalue weighted by Crippen LogP contribution is -2.39. The third-order valence-corrected chi connectivity index (χ3v) is 8.02. The van der Waals surface area contributed by atoms with Crippen molar-refractivity contribution in [3.8, 4) is 11.3 Å². The number of amides is 3. The van der Waals surface area contributed by atoms with Crippen LogP contribution >= 0.6 is 11.3 Å². The molecule has 2 heterocycles. The predicted octanol–water partition coefficient (Wildman–Crippen LogP) is 3.43. The van der Waals surface area contributed by atoms with Crippen LogP contribution in [0.5, 0.6) is 0 Å². The number of anilines is 1. The highest BCUT2D eigenvalue weighted by molar-refractivity contribution is 7.14. The molecule has 7 heteroatoms. The molecule has 2 fully saturated rings. The number of hydrogen-bond donors (Lipinski definition) is 1. The van der Waals surface area contributed by atoms with Crippen molar-refractivity contribution in [1.29, 1.82) is 0 Å². The second kappa shape index (κ2) is 7.12. The smallest absolute Gasteiger partial charge is 0.246 e. The van der Waals surface area contributed by atoms with Crippen LogP contribution in [0.2, 0.25) is 0 Å². The minimum absolute atomic E-state index is 0.151. The number of rotatable bonds is 4. The number of benzene rings is 1. The lowest BCUT2D eigenvalue weighted by Gasteiger charge is -2.16. The first-order valence-corrected chi connectivity index (χ1v) is 11.9. The molecule has 0 radical (unpaired) electrons. The van der Waals surface area contributed by atoms with Crippen LogP contribution in [-0.4, -0.2) is 34.2 Å². The van der Waals surface area contributed by atoms with Crippen molar-refractivity contribution in [3.05, 3.63) is 46.9 Å². The van der Waals surface area contributed by atoms with Crippen LogP contribution in [-0.2, 0) is 27.2 Å². The van der Waals surface area contributed by atoms with Gasteiger partial charge in [-0.3, -0.25) is 19.3 Å². The Hall–Kier alpha value is -2.80. The van der Waals surface area contributed by atoms with E-state index in [9.17, 15) is 14.4 Å². The van der Waals surface area contributed by atoms with Crippen molar-refractivity contribution < 1.29 is 14.4 Å². The number of nitrogens with zero attached hydrogens (tertiary/aromatic N) is 2. The number of carbonyl (C=O) groups excluding carboxylic acids is 3. The molecule has 1 saturated carbocycles. The van der Waals surface area contributed by atoms with Gasteiger partial charge in [-0.05, 0) is 61.1 Å². The number of aryl methyl sites for hydroxylation is 2. The molecule has 1 aromatic carbocycles. The second-order valence-electron chi connectivity index (χ2n) is 9.04. The Morgan fingerprint density at radius 1 is 1.06 bits per heavy atom. The van der Waals surface area contributed by atoms with E-state index in [0.717, 1.165) is 35.4 Å². The van der Waals surface area contributed by atoms with Gasteiger partial charge in [0.15, 0.2) is 5.13 Å². The van der Waals surface area contributed by atoms with E-state index in [4.69, 9.17) is 0 Å². The molecule has 0 unspecified atom stereocenters. The summed E-state index contributed by atoms with van der Waals surface area (Å²) in [6, 6.07) is 6.48. The summed E-state index contributed by atoms with van der Waals surface area (Å²) in [6.07, 6.45) is 9.71. The highest BCUT2D eigenvalue weighted by atomic mass is 32.1. The Balaban J connectivity index is 1.13. The fraction of sp³-hybridized carbons (Fsp3) is 0.417. The van der Waals surface area contributed by atoms with E-state index in [1.165, 1.54) is 35.3 Å². The van der Waals surface area contributed by atoms with Crippen LogP contribution in [0.1, 0.15) is 30.4 Å². The van der Waals surface area contributed by atoms with Crippen molar-refractivity contribution in [2.45, 2.75) is 32.1 Å². The summed E-state index contributed by atoms with van der Waals surface area (Å²) in [4.78, 5) is 43.8. The number of carbonyl (C=O) groups is 3. The van der Waals surface area contributed by atoms with E-state index in [-0.39, 0.29) is 47.9 Å².